The second-order valence-corrected chi connectivity index (χ2v) is 8.22. The van der Waals surface area contributed by atoms with Gasteiger partial charge >= 0.3 is 0 Å². The van der Waals surface area contributed by atoms with Gasteiger partial charge in [-0.3, -0.25) is 4.79 Å². The number of carbonyl (C=O) groups is 1. The van der Waals surface area contributed by atoms with Crippen LogP contribution in [0.2, 0.25) is 0 Å². The summed E-state index contributed by atoms with van der Waals surface area (Å²) in [7, 11) is 1.56. The lowest BCUT2D eigenvalue weighted by atomic mass is 9.97. The molecule has 0 aliphatic rings. The van der Waals surface area contributed by atoms with Gasteiger partial charge in [-0.25, -0.2) is 18.2 Å². The first-order chi connectivity index (χ1) is 14.4. The number of carbonyl (C=O) groups excluding carboxylic acids is 1. The molecular weight excluding hydrogens is 497 g/mol. The number of allylic oxidation sites excluding steroid dienone is 4. The topological polar surface area (TPSA) is 63.1 Å². The molecule has 1 aromatic heterocycles. The highest BCUT2D eigenvalue weighted by molar-refractivity contribution is 9.10. The number of aromatic nitrogens is 2. The molecule has 1 aromatic carbocycles. The average Bonchev–Trinajstić information content (AvgIpc) is 2.88. The van der Waals surface area contributed by atoms with Crippen molar-refractivity contribution in [2.75, 3.05) is 0 Å². The highest BCUT2D eigenvalue weighted by Gasteiger charge is 2.27. The lowest BCUT2D eigenvalue weighted by Crippen LogP contribution is -2.28. The Hall–Kier alpha value is -2.57. The molecule has 0 spiro atoms. The van der Waals surface area contributed by atoms with Crippen LogP contribution in [-0.2, 0) is 13.6 Å². The SMILES string of the molecule is C=C(F)/C=C(\C(=C)Cl)C(=O)c1c(Br)cc2c(c1C#N)n(C)c(=NC(C)C)n2CC(F)F. The van der Waals surface area contributed by atoms with Gasteiger partial charge in [0.1, 0.15) is 11.9 Å². The number of fused-ring (bicyclic) bond motifs is 1. The molecule has 0 aliphatic heterocycles. The summed E-state index contributed by atoms with van der Waals surface area (Å²) in [5.74, 6) is -1.69. The van der Waals surface area contributed by atoms with Crippen molar-refractivity contribution in [2.45, 2.75) is 32.9 Å². The van der Waals surface area contributed by atoms with Crippen LogP contribution in [0.15, 0.2) is 51.2 Å². The summed E-state index contributed by atoms with van der Waals surface area (Å²) in [6.45, 7) is 9.47. The van der Waals surface area contributed by atoms with Crippen LogP contribution >= 0.6 is 27.5 Å². The minimum atomic E-state index is -2.67. The Morgan fingerprint density at radius 2 is 2.03 bits per heavy atom. The van der Waals surface area contributed by atoms with Gasteiger partial charge in [0.15, 0.2) is 5.78 Å². The predicted molar refractivity (Wildman–Crippen MR) is 118 cm³/mol. The molecule has 2 aromatic rings. The van der Waals surface area contributed by atoms with E-state index in [1.165, 1.54) is 15.2 Å². The Kier molecular flexibility index (Phi) is 7.73. The summed E-state index contributed by atoms with van der Waals surface area (Å²) in [5.41, 5.74) is 0.240. The van der Waals surface area contributed by atoms with E-state index in [0.29, 0.717) is 0 Å². The van der Waals surface area contributed by atoms with Gasteiger partial charge in [-0.15, -0.1) is 0 Å². The lowest BCUT2D eigenvalue weighted by Gasteiger charge is -2.11. The van der Waals surface area contributed by atoms with Crippen LogP contribution in [0.1, 0.15) is 29.8 Å². The molecule has 0 fully saturated rings. The number of nitriles is 1. The number of aryl methyl sites for hydroxylation is 1. The third-order valence-corrected chi connectivity index (χ3v) is 5.10. The zero-order chi connectivity index (χ0) is 23.6. The summed E-state index contributed by atoms with van der Waals surface area (Å²) >= 11 is 9.13. The molecule has 0 radical (unpaired) electrons. The second-order valence-electron chi connectivity index (χ2n) is 6.91. The number of Topliss-reactive ketones (excluding diaryl/α,β-unsaturated/α-hetero) is 1. The maximum atomic E-state index is 13.4. The molecule has 0 saturated heterocycles. The van der Waals surface area contributed by atoms with Crippen LogP contribution in [0.25, 0.3) is 11.0 Å². The third-order valence-electron chi connectivity index (χ3n) is 4.27. The first-order valence-corrected chi connectivity index (χ1v) is 10.2. The third kappa shape index (κ3) is 5.02. The van der Waals surface area contributed by atoms with Crippen LogP contribution in [0, 0.1) is 11.3 Å². The number of imidazole rings is 1. The normalized spacial score (nSPS) is 12.7. The fourth-order valence-electron chi connectivity index (χ4n) is 3.15. The molecule has 10 heteroatoms. The van der Waals surface area contributed by atoms with Crippen molar-refractivity contribution in [2.24, 2.45) is 12.0 Å². The molecule has 0 saturated carbocycles. The largest absolute Gasteiger partial charge is 0.312 e. The number of halogens is 5. The maximum Gasteiger partial charge on any atom is 0.256 e. The van der Waals surface area contributed by atoms with E-state index in [-0.39, 0.29) is 48.9 Å². The van der Waals surface area contributed by atoms with Crippen LogP contribution in [0.3, 0.4) is 0 Å². The molecule has 0 unspecified atom stereocenters. The maximum absolute atomic E-state index is 13.4. The van der Waals surface area contributed by atoms with Gasteiger partial charge in [0.2, 0.25) is 5.62 Å². The van der Waals surface area contributed by atoms with E-state index >= 15 is 0 Å². The monoisotopic (exact) mass is 514 g/mol. The van der Waals surface area contributed by atoms with E-state index in [0.717, 1.165) is 6.08 Å². The molecule has 0 amide bonds. The Bertz CT molecular complexity index is 1230. The Morgan fingerprint density at radius 3 is 2.48 bits per heavy atom. The molecule has 164 valence electrons. The number of nitrogens with zero attached hydrogens (tertiary/aromatic N) is 4. The highest BCUT2D eigenvalue weighted by atomic mass is 79.9. The van der Waals surface area contributed by atoms with E-state index in [1.54, 1.807) is 20.9 Å². The zero-order valence-electron chi connectivity index (χ0n) is 17.0. The van der Waals surface area contributed by atoms with Crippen molar-refractivity contribution in [1.29, 1.82) is 5.26 Å². The summed E-state index contributed by atoms with van der Waals surface area (Å²) in [4.78, 5) is 17.6. The van der Waals surface area contributed by atoms with Crippen molar-refractivity contribution < 1.29 is 18.0 Å². The van der Waals surface area contributed by atoms with Gasteiger partial charge in [0, 0.05) is 28.2 Å². The minimum absolute atomic E-state index is 0.0987. The molecule has 31 heavy (non-hydrogen) atoms. The number of alkyl halides is 2. The zero-order valence-corrected chi connectivity index (χ0v) is 19.4. The molecule has 0 aliphatic carbocycles. The fraction of sp³-hybridized carbons (Fsp3) is 0.286. The van der Waals surface area contributed by atoms with E-state index in [4.69, 9.17) is 11.6 Å². The van der Waals surface area contributed by atoms with Gasteiger partial charge in [0.25, 0.3) is 6.43 Å². The summed E-state index contributed by atoms with van der Waals surface area (Å²) in [6.07, 6.45) is -1.86. The quantitative estimate of drug-likeness (QED) is 0.276. The second kappa shape index (κ2) is 9.71. The van der Waals surface area contributed by atoms with Gasteiger partial charge < -0.3 is 9.13 Å². The summed E-state index contributed by atoms with van der Waals surface area (Å²) in [6, 6.07) is 3.20. The van der Waals surface area contributed by atoms with Gasteiger partial charge in [-0.2, -0.15) is 5.26 Å². The van der Waals surface area contributed by atoms with Crippen molar-refractivity contribution >= 4 is 44.3 Å². The van der Waals surface area contributed by atoms with Crippen molar-refractivity contribution in [3.05, 3.63) is 63.0 Å². The number of hydrogen-bond donors (Lipinski definition) is 0. The predicted octanol–water partition coefficient (Wildman–Crippen LogP) is 5.53. The van der Waals surface area contributed by atoms with E-state index < -0.39 is 24.6 Å². The first-order valence-electron chi connectivity index (χ1n) is 9.00. The average molecular weight is 516 g/mol. The van der Waals surface area contributed by atoms with E-state index in [2.05, 4.69) is 34.1 Å². The minimum Gasteiger partial charge on any atom is -0.312 e. The van der Waals surface area contributed by atoms with E-state index in [1.807, 2.05) is 6.07 Å². The number of rotatable bonds is 7. The van der Waals surface area contributed by atoms with Gasteiger partial charge in [0.05, 0.1) is 28.7 Å². The number of benzene rings is 1. The Balaban J connectivity index is 3.03. The van der Waals surface area contributed by atoms with Crippen LogP contribution in [0.4, 0.5) is 13.2 Å². The van der Waals surface area contributed by atoms with Crippen molar-refractivity contribution in [3.63, 3.8) is 0 Å². The molecule has 0 atom stereocenters. The molecule has 5 nitrogen and oxygen atoms in total. The van der Waals surface area contributed by atoms with Crippen molar-refractivity contribution in [1.82, 2.24) is 9.13 Å². The Labute approximate surface area is 190 Å². The number of ketones is 1. The Morgan fingerprint density at radius 1 is 1.42 bits per heavy atom. The fourth-order valence-corrected chi connectivity index (χ4v) is 3.89. The molecule has 1 heterocycles. The van der Waals surface area contributed by atoms with Gasteiger partial charge in [-0.05, 0) is 41.9 Å². The number of hydrogen-bond acceptors (Lipinski definition) is 3. The highest BCUT2D eigenvalue weighted by Crippen LogP contribution is 2.33. The first kappa shape index (κ1) is 24.7. The van der Waals surface area contributed by atoms with Crippen LogP contribution < -0.4 is 5.62 Å². The summed E-state index contributed by atoms with van der Waals surface area (Å²) < 4.78 is 42.9. The lowest BCUT2D eigenvalue weighted by molar-refractivity contribution is 0.103. The van der Waals surface area contributed by atoms with Crippen molar-refractivity contribution in [3.8, 4) is 6.07 Å². The standard InChI is InChI=1S/C21H19BrClF3N4O/c1-10(2)28-21-29(5)19-14(8-27)18(20(31)13(12(4)23)6-11(3)24)15(22)7-16(19)30(21)9-17(25)26/h6-7,10,17H,3-4,9H2,1-2,5H3/b13-6+,28-21?. The van der Waals surface area contributed by atoms with Crippen LogP contribution in [-0.4, -0.2) is 27.4 Å². The summed E-state index contributed by atoms with van der Waals surface area (Å²) in [5, 5.41) is 9.65. The molecule has 0 bridgehead atoms. The molecule has 2 rings (SSSR count). The van der Waals surface area contributed by atoms with Crippen LogP contribution in [0.5, 0.6) is 0 Å². The smallest absolute Gasteiger partial charge is 0.256 e. The van der Waals surface area contributed by atoms with Gasteiger partial charge in [-0.1, -0.05) is 24.8 Å². The molecular formula is C21H19BrClF3N4O. The van der Waals surface area contributed by atoms with E-state index in [9.17, 15) is 23.2 Å². The molecule has 0 N–H and O–H groups in total.